The summed E-state index contributed by atoms with van der Waals surface area (Å²) in [5.41, 5.74) is 8.58. The molecule has 2 aromatic heterocycles. The van der Waals surface area contributed by atoms with Crippen LogP contribution in [0.4, 0.5) is 0 Å². The van der Waals surface area contributed by atoms with Crippen molar-refractivity contribution < 1.29 is 4.79 Å². The molecule has 0 saturated carbocycles. The Hall–Kier alpha value is -2.82. The van der Waals surface area contributed by atoms with E-state index in [4.69, 9.17) is 5.73 Å². The summed E-state index contributed by atoms with van der Waals surface area (Å²) in [4.78, 5) is 24.9. The molecule has 2 heterocycles. The van der Waals surface area contributed by atoms with Gasteiger partial charge in [0.2, 0.25) is 0 Å². The van der Waals surface area contributed by atoms with Gasteiger partial charge in [0.15, 0.2) is 0 Å². The van der Waals surface area contributed by atoms with Crippen LogP contribution in [0.25, 0.3) is 22.0 Å². The van der Waals surface area contributed by atoms with Crippen LogP contribution < -0.4 is 5.73 Å². The summed E-state index contributed by atoms with van der Waals surface area (Å²) < 4.78 is 0. The Bertz CT molecular complexity index is 875. The molecule has 5 heteroatoms. The molecule has 0 bridgehead atoms. The van der Waals surface area contributed by atoms with Gasteiger partial charge >= 0.3 is 0 Å². The molecule has 24 heavy (non-hydrogen) atoms. The van der Waals surface area contributed by atoms with Crippen molar-refractivity contribution in [2.45, 2.75) is 26.7 Å². The van der Waals surface area contributed by atoms with Gasteiger partial charge < -0.3 is 5.73 Å². The number of carbonyl (C=O) groups is 1. The molecule has 5 nitrogen and oxygen atoms in total. The van der Waals surface area contributed by atoms with Crippen LogP contribution in [0.3, 0.4) is 0 Å². The van der Waals surface area contributed by atoms with Gasteiger partial charge in [0.25, 0.3) is 5.91 Å². The molecule has 0 saturated heterocycles. The molecule has 0 radical (unpaired) electrons. The average molecular weight is 320 g/mol. The molecule has 0 unspecified atom stereocenters. The van der Waals surface area contributed by atoms with Crippen molar-refractivity contribution in [3.8, 4) is 11.1 Å². The van der Waals surface area contributed by atoms with Crippen LogP contribution in [0.5, 0.6) is 0 Å². The molecule has 0 spiro atoms. The van der Waals surface area contributed by atoms with E-state index in [1.807, 2.05) is 30.3 Å². The van der Waals surface area contributed by atoms with Crippen LogP contribution in [0.1, 0.15) is 36.6 Å². The maximum absolute atomic E-state index is 11.9. The zero-order valence-corrected chi connectivity index (χ0v) is 13.9. The summed E-state index contributed by atoms with van der Waals surface area (Å²) in [7, 11) is 0. The van der Waals surface area contributed by atoms with Crippen molar-refractivity contribution in [1.82, 2.24) is 15.0 Å². The predicted molar refractivity (Wildman–Crippen MR) is 94.4 cm³/mol. The summed E-state index contributed by atoms with van der Waals surface area (Å²) in [6, 6.07) is 9.66. The van der Waals surface area contributed by atoms with E-state index < -0.39 is 5.91 Å². The normalized spacial score (nSPS) is 11.1. The number of nitrogens with two attached hydrogens (primary N) is 1. The number of aromatic nitrogens is 3. The topological polar surface area (TPSA) is 81.8 Å². The van der Waals surface area contributed by atoms with E-state index in [0.29, 0.717) is 17.1 Å². The average Bonchev–Trinajstić information content (AvgIpc) is 2.59. The Morgan fingerprint density at radius 2 is 1.83 bits per heavy atom. The number of fused-ring (bicyclic) bond motifs is 1. The van der Waals surface area contributed by atoms with Gasteiger partial charge in [0.05, 0.1) is 5.52 Å². The Labute approximate surface area is 141 Å². The fraction of sp³-hybridized carbons (Fsp3) is 0.263. The summed E-state index contributed by atoms with van der Waals surface area (Å²) in [5, 5.41) is 0.685. The minimum absolute atomic E-state index is 0.287. The van der Waals surface area contributed by atoms with Gasteiger partial charge in [-0.05, 0) is 47.7 Å². The predicted octanol–water partition coefficient (Wildman–Crippen LogP) is 3.38. The summed E-state index contributed by atoms with van der Waals surface area (Å²) >= 11 is 0. The van der Waals surface area contributed by atoms with Crippen LogP contribution in [0, 0.1) is 5.92 Å². The highest BCUT2D eigenvalue weighted by molar-refractivity contribution is 6.04. The smallest absolute Gasteiger partial charge is 0.268 e. The highest BCUT2D eigenvalue weighted by atomic mass is 16.1. The van der Waals surface area contributed by atoms with Crippen molar-refractivity contribution in [2.75, 3.05) is 0 Å². The first-order valence-corrected chi connectivity index (χ1v) is 8.05. The van der Waals surface area contributed by atoms with Crippen LogP contribution >= 0.6 is 0 Å². The number of hydrogen-bond acceptors (Lipinski definition) is 4. The fourth-order valence-corrected chi connectivity index (χ4v) is 2.62. The van der Waals surface area contributed by atoms with Crippen LogP contribution in [-0.4, -0.2) is 20.9 Å². The molecule has 122 valence electrons. The number of primary amides is 1. The first kappa shape index (κ1) is 16.1. The highest BCUT2D eigenvalue weighted by Crippen LogP contribution is 2.25. The van der Waals surface area contributed by atoms with Gasteiger partial charge in [-0.25, -0.2) is 9.97 Å². The number of rotatable bonds is 5. The molecule has 2 N–H and O–H groups in total. The van der Waals surface area contributed by atoms with Gasteiger partial charge in [0, 0.05) is 24.2 Å². The largest absolute Gasteiger partial charge is 0.364 e. The van der Waals surface area contributed by atoms with E-state index in [2.05, 4.69) is 28.8 Å². The van der Waals surface area contributed by atoms with Gasteiger partial charge in [0.1, 0.15) is 11.5 Å². The molecular weight excluding hydrogens is 300 g/mol. The number of aryl methyl sites for hydroxylation is 1. The third-order valence-corrected chi connectivity index (χ3v) is 3.93. The molecule has 1 amide bonds. The first-order chi connectivity index (χ1) is 11.5. The Balaban J connectivity index is 2.10. The van der Waals surface area contributed by atoms with Crippen LogP contribution in [-0.2, 0) is 6.42 Å². The number of hydrogen-bond donors (Lipinski definition) is 1. The molecule has 0 aliphatic carbocycles. The van der Waals surface area contributed by atoms with Crippen molar-refractivity contribution in [2.24, 2.45) is 11.7 Å². The molecule has 1 aromatic carbocycles. The SMILES string of the molecule is CC(C)CCc1nc(C(N)=O)c2cc(-c3ccncc3)ccc2n1. The number of pyridine rings is 1. The van der Waals surface area contributed by atoms with Gasteiger partial charge in [-0.15, -0.1) is 0 Å². The summed E-state index contributed by atoms with van der Waals surface area (Å²) in [5.74, 6) is 0.692. The number of amides is 1. The molecule has 0 aliphatic rings. The van der Waals surface area contributed by atoms with E-state index in [0.717, 1.165) is 29.5 Å². The number of carbonyl (C=O) groups excluding carboxylic acids is 1. The lowest BCUT2D eigenvalue weighted by molar-refractivity contribution is 0.0997. The quantitative estimate of drug-likeness (QED) is 0.781. The first-order valence-electron chi connectivity index (χ1n) is 8.05. The van der Waals surface area contributed by atoms with Crippen LogP contribution in [0.2, 0.25) is 0 Å². The van der Waals surface area contributed by atoms with E-state index in [9.17, 15) is 4.79 Å². The zero-order chi connectivity index (χ0) is 17.1. The minimum Gasteiger partial charge on any atom is -0.364 e. The molecule has 0 atom stereocenters. The number of benzene rings is 1. The lowest BCUT2D eigenvalue weighted by Gasteiger charge is -2.09. The van der Waals surface area contributed by atoms with E-state index in [1.165, 1.54) is 0 Å². The van der Waals surface area contributed by atoms with Crippen molar-refractivity contribution in [3.05, 3.63) is 54.2 Å². The van der Waals surface area contributed by atoms with Crippen LogP contribution in [0.15, 0.2) is 42.7 Å². The Kier molecular flexibility index (Phi) is 4.51. The van der Waals surface area contributed by atoms with Crippen molar-refractivity contribution in [3.63, 3.8) is 0 Å². The number of nitrogens with zero attached hydrogens (tertiary/aromatic N) is 3. The standard InChI is InChI=1S/C19H20N4O/c1-12(2)3-6-17-22-16-5-4-14(13-7-9-21-10-8-13)11-15(16)18(23-17)19(20)24/h4-5,7-12H,3,6H2,1-2H3,(H2,20,24). The van der Waals surface area contributed by atoms with Gasteiger partial charge in [-0.2, -0.15) is 0 Å². The van der Waals surface area contributed by atoms with E-state index >= 15 is 0 Å². The zero-order valence-electron chi connectivity index (χ0n) is 13.9. The summed E-state index contributed by atoms with van der Waals surface area (Å²) in [6.07, 6.45) is 5.18. The Morgan fingerprint density at radius 3 is 2.50 bits per heavy atom. The lowest BCUT2D eigenvalue weighted by Crippen LogP contribution is -2.16. The van der Waals surface area contributed by atoms with Crippen molar-refractivity contribution >= 4 is 16.8 Å². The molecular formula is C19H20N4O. The molecule has 0 aliphatic heterocycles. The maximum Gasteiger partial charge on any atom is 0.268 e. The van der Waals surface area contributed by atoms with E-state index in [1.54, 1.807) is 12.4 Å². The highest BCUT2D eigenvalue weighted by Gasteiger charge is 2.13. The second kappa shape index (κ2) is 6.74. The molecule has 0 fully saturated rings. The second-order valence-electron chi connectivity index (χ2n) is 6.25. The molecule has 3 rings (SSSR count). The van der Waals surface area contributed by atoms with E-state index in [-0.39, 0.29) is 5.69 Å². The summed E-state index contributed by atoms with van der Waals surface area (Å²) in [6.45, 7) is 4.30. The van der Waals surface area contributed by atoms with Crippen molar-refractivity contribution in [1.29, 1.82) is 0 Å². The lowest BCUT2D eigenvalue weighted by atomic mass is 10.0. The van der Waals surface area contributed by atoms with Gasteiger partial charge in [-0.3, -0.25) is 9.78 Å². The monoisotopic (exact) mass is 320 g/mol. The van der Waals surface area contributed by atoms with Gasteiger partial charge in [-0.1, -0.05) is 19.9 Å². The maximum atomic E-state index is 11.9. The second-order valence-corrected chi connectivity index (χ2v) is 6.25. The minimum atomic E-state index is -0.528. The molecule has 3 aromatic rings. The Morgan fingerprint density at radius 1 is 1.08 bits per heavy atom. The third kappa shape index (κ3) is 3.40. The third-order valence-electron chi connectivity index (χ3n) is 3.93. The fourth-order valence-electron chi connectivity index (χ4n) is 2.62.